The molecule has 6 heteroatoms. The quantitative estimate of drug-likeness (QED) is 0.397. The Kier molecular flexibility index (Phi) is 8.71. The Balaban J connectivity index is 1.46. The number of likely N-dealkylation sites (tertiary alicyclic amines) is 1. The van der Waals surface area contributed by atoms with Crippen LogP contribution in [-0.2, 0) is 9.47 Å². The zero-order chi connectivity index (χ0) is 16.3. The first kappa shape index (κ1) is 18.5. The lowest BCUT2D eigenvalue weighted by molar-refractivity contribution is 0.0420. The van der Waals surface area contributed by atoms with Crippen LogP contribution in [0.1, 0.15) is 32.6 Å². The van der Waals surface area contributed by atoms with Gasteiger partial charge in [-0.2, -0.15) is 0 Å². The molecule has 2 heterocycles. The molecule has 0 bridgehead atoms. The van der Waals surface area contributed by atoms with Crippen LogP contribution in [0.5, 0.6) is 0 Å². The Hall–Kier alpha value is -0.850. The second kappa shape index (κ2) is 10.8. The van der Waals surface area contributed by atoms with Crippen molar-refractivity contribution in [1.82, 2.24) is 15.5 Å². The van der Waals surface area contributed by atoms with E-state index >= 15 is 0 Å². The van der Waals surface area contributed by atoms with Gasteiger partial charge in [-0.3, -0.25) is 4.99 Å². The summed E-state index contributed by atoms with van der Waals surface area (Å²) in [6.45, 7) is 10.1. The number of aliphatic imine (C=N–C) groups is 1. The highest BCUT2D eigenvalue weighted by Gasteiger charge is 2.16. The number of ether oxygens (including phenoxy) is 2. The first-order valence-corrected chi connectivity index (χ1v) is 9.14. The van der Waals surface area contributed by atoms with Crippen LogP contribution in [0.25, 0.3) is 0 Å². The predicted molar refractivity (Wildman–Crippen MR) is 94.0 cm³/mol. The highest BCUT2D eigenvalue weighted by atomic mass is 16.5. The topological polar surface area (TPSA) is 58.1 Å². The van der Waals surface area contributed by atoms with Crippen molar-refractivity contribution in [3.8, 4) is 0 Å². The lowest BCUT2D eigenvalue weighted by atomic mass is 9.99. The van der Waals surface area contributed by atoms with Crippen molar-refractivity contribution >= 4 is 5.96 Å². The summed E-state index contributed by atoms with van der Waals surface area (Å²) in [6, 6.07) is 0. The number of hydrogen-bond acceptors (Lipinski definition) is 4. The van der Waals surface area contributed by atoms with Crippen molar-refractivity contribution in [3.05, 3.63) is 0 Å². The summed E-state index contributed by atoms with van der Waals surface area (Å²) >= 11 is 0. The van der Waals surface area contributed by atoms with Gasteiger partial charge in [-0.1, -0.05) is 6.92 Å². The van der Waals surface area contributed by atoms with Crippen LogP contribution in [0.2, 0.25) is 0 Å². The third-order valence-corrected chi connectivity index (χ3v) is 4.68. The van der Waals surface area contributed by atoms with Gasteiger partial charge >= 0.3 is 0 Å². The lowest BCUT2D eigenvalue weighted by Crippen LogP contribution is -2.43. The third-order valence-electron chi connectivity index (χ3n) is 4.68. The molecule has 23 heavy (non-hydrogen) atoms. The minimum Gasteiger partial charge on any atom is -0.379 e. The molecule has 0 aromatic rings. The fourth-order valence-corrected chi connectivity index (χ4v) is 3.01. The average molecular weight is 326 g/mol. The predicted octanol–water partition coefficient (Wildman–Crippen LogP) is 1.08. The molecular formula is C17H34N4O2. The van der Waals surface area contributed by atoms with Crippen LogP contribution >= 0.6 is 0 Å². The van der Waals surface area contributed by atoms with E-state index in [0.29, 0.717) is 6.10 Å². The summed E-state index contributed by atoms with van der Waals surface area (Å²) in [7, 11) is 1.82. The summed E-state index contributed by atoms with van der Waals surface area (Å²) in [6.07, 6.45) is 4.99. The van der Waals surface area contributed by atoms with Crippen LogP contribution in [0.15, 0.2) is 4.99 Å². The lowest BCUT2D eigenvalue weighted by Gasteiger charge is -2.30. The second-order valence-electron chi connectivity index (χ2n) is 6.66. The van der Waals surface area contributed by atoms with Crippen molar-refractivity contribution in [1.29, 1.82) is 0 Å². The normalized spacial score (nSPS) is 24.1. The van der Waals surface area contributed by atoms with Crippen molar-refractivity contribution in [3.63, 3.8) is 0 Å². The SMILES string of the molecule is CN=C(NCCCOC1CCOC1)NCCN1CCC(C)CC1. The fraction of sp³-hybridized carbons (Fsp3) is 0.941. The summed E-state index contributed by atoms with van der Waals surface area (Å²) in [5.41, 5.74) is 0. The molecule has 0 radical (unpaired) electrons. The van der Waals surface area contributed by atoms with Crippen molar-refractivity contribution in [2.75, 3.05) is 59.6 Å². The van der Waals surface area contributed by atoms with Gasteiger partial charge in [0.15, 0.2) is 5.96 Å². The summed E-state index contributed by atoms with van der Waals surface area (Å²) in [5, 5.41) is 6.75. The molecule has 0 saturated carbocycles. The van der Waals surface area contributed by atoms with Gasteiger partial charge in [-0.05, 0) is 44.7 Å². The Morgan fingerprint density at radius 1 is 1.22 bits per heavy atom. The molecule has 134 valence electrons. The molecule has 2 rings (SSSR count). The molecular weight excluding hydrogens is 292 g/mol. The largest absolute Gasteiger partial charge is 0.379 e. The minimum atomic E-state index is 0.305. The van der Waals surface area contributed by atoms with Gasteiger partial charge in [0.1, 0.15) is 0 Å². The summed E-state index contributed by atoms with van der Waals surface area (Å²) in [5.74, 6) is 1.78. The van der Waals surface area contributed by atoms with Crippen LogP contribution in [-0.4, -0.2) is 76.6 Å². The highest BCUT2D eigenvalue weighted by Crippen LogP contribution is 2.15. The van der Waals surface area contributed by atoms with Crippen molar-refractivity contribution in [2.45, 2.75) is 38.7 Å². The molecule has 1 unspecified atom stereocenters. The maximum absolute atomic E-state index is 5.76. The summed E-state index contributed by atoms with van der Waals surface area (Å²) in [4.78, 5) is 6.81. The van der Waals surface area contributed by atoms with Gasteiger partial charge in [0.25, 0.3) is 0 Å². The zero-order valence-electron chi connectivity index (χ0n) is 14.9. The van der Waals surface area contributed by atoms with Gasteiger partial charge in [0, 0.05) is 39.9 Å². The number of nitrogens with one attached hydrogen (secondary N) is 2. The second-order valence-corrected chi connectivity index (χ2v) is 6.66. The zero-order valence-corrected chi connectivity index (χ0v) is 14.9. The van der Waals surface area contributed by atoms with Crippen LogP contribution in [0, 0.1) is 5.92 Å². The highest BCUT2D eigenvalue weighted by molar-refractivity contribution is 5.79. The Bertz CT molecular complexity index is 337. The van der Waals surface area contributed by atoms with Crippen LogP contribution in [0.3, 0.4) is 0 Å². The number of guanidine groups is 1. The molecule has 0 aromatic carbocycles. The van der Waals surface area contributed by atoms with Crippen LogP contribution < -0.4 is 10.6 Å². The molecule has 2 fully saturated rings. The van der Waals surface area contributed by atoms with E-state index in [1.54, 1.807) is 0 Å². The average Bonchev–Trinajstić information content (AvgIpc) is 3.08. The van der Waals surface area contributed by atoms with E-state index in [0.717, 1.165) is 64.2 Å². The molecule has 0 amide bonds. The molecule has 2 aliphatic heterocycles. The summed E-state index contributed by atoms with van der Waals surface area (Å²) < 4.78 is 11.1. The third kappa shape index (κ3) is 7.50. The van der Waals surface area contributed by atoms with Gasteiger partial charge in [-0.15, -0.1) is 0 Å². The Morgan fingerprint density at radius 2 is 2.00 bits per heavy atom. The van der Waals surface area contributed by atoms with E-state index in [9.17, 15) is 0 Å². The molecule has 0 spiro atoms. The number of rotatable bonds is 8. The van der Waals surface area contributed by atoms with Gasteiger partial charge < -0.3 is 25.0 Å². The molecule has 6 nitrogen and oxygen atoms in total. The van der Waals surface area contributed by atoms with Crippen molar-refractivity contribution < 1.29 is 9.47 Å². The van der Waals surface area contributed by atoms with E-state index in [4.69, 9.17) is 9.47 Å². The van der Waals surface area contributed by atoms with Gasteiger partial charge in [-0.25, -0.2) is 0 Å². The van der Waals surface area contributed by atoms with E-state index in [1.807, 2.05) is 7.05 Å². The first-order valence-electron chi connectivity index (χ1n) is 9.14. The van der Waals surface area contributed by atoms with Gasteiger partial charge in [0.05, 0.1) is 12.7 Å². The minimum absolute atomic E-state index is 0.305. The van der Waals surface area contributed by atoms with Crippen LogP contribution in [0.4, 0.5) is 0 Å². The van der Waals surface area contributed by atoms with E-state index < -0.39 is 0 Å². The maximum atomic E-state index is 5.76. The molecule has 0 aliphatic carbocycles. The van der Waals surface area contributed by atoms with E-state index in [-0.39, 0.29) is 0 Å². The molecule has 2 saturated heterocycles. The van der Waals surface area contributed by atoms with Crippen molar-refractivity contribution in [2.24, 2.45) is 10.9 Å². The molecule has 2 aliphatic rings. The monoisotopic (exact) mass is 326 g/mol. The number of nitrogens with zero attached hydrogens (tertiary/aromatic N) is 2. The standard InChI is InChI=1S/C17H34N4O2/c1-15-4-9-21(10-5-15)11-8-20-17(18-2)19-7-3-12-23-16-6-13-22-14-16/h15-16H,3-14H2,1-2H3,(H2,18,19,20). The molecule has 2 N–H and O–H groups in total. The van der Waals surface area contributed by atoms with E-state index in [1.165, 1.54) is 25.9 Å². The number of hydrogen-bond donors (Lipinski definition) is 2. The van der Waals surface area contributed by atoms with E-state index in [2.05, 4.69) is 27.4 Å². The fourth-order valence-electron chi connectivity index (χ4n) is 3.01. The molecule has 1 atom stereocenters. The van der Waals surface area contributed by atoms with Gasteiger partial charge in [0.2, 0.25) is 0 Å². The number of piperidine rings is 1. The smallest absolute Gasteiger partial charge is 0.191 e. The maximum Gasteiger partial charge on any atom is 0.191 e. The Morgan fingerprint density at radius 3 is 2.70 bits per heavy atom. The first-order chi connectivity index (χ1) is 11.3. The molecule has 0 aromatic heterocycles. The Labute approximate surface area is 141 Å².